The van der Waals surface area contributed by atoms with Gasteiger partial charge in [0.05, 0.1) is 4.90 Å². The summed E-state index contributed by atoms with van der Waals surface area (Å²) in [5, 5.41) is 0. The summed E-state index contributed by atoms with van der Waals surface area (Å²) < 4.78 is 32.3. The molecule has 4 N–H and O–H groups in total. The first-order valence-electron chi connectivity index (χ1n) is 3.97. The number of nitrogens with two attached hydrogens (primary N) is 2. The molecule has 0 aliphatic carbocycles. The van der Waals surface area contributed by atoms with E-state index in [2.05, 4.69) is 0 Å². The Morgan fingerprint density at radius 3 is 2.20 bits per heavy atom. The summed E-state index contributed by atoms with van der Waals surface area (Å²) in [6, 6.07) is 4.28. The van der Waals surface area contributed by atoms with Crippen LogP contribution in [-0.2, 0) is 23.2 Å². The molecule has 0 atom stereocenters. The second-order valence-electron chi connectivity index (χ2n) is 2.80. The predicted octanol–water partition coefficient (Wildman–Crippen LogP) is -3.49. The summed E-state index contributed by atoms with van der Waals surface area (Å²) in [6.45, 7) is 0.289. The summed E-state index contributed by atoms with van der Waals surface area (Å²) in [7, 11) is -4.44. The van der Waals surface area contributed by atoms with Gasteiger partial charge in [-0.05, 0) is 17.2 Å². The van der Waals surface area contributed by atoms with Crippen LogP contribution < -0.4 is 41.0 Å². The van der Waals surface area contributed by atoms with Crippen LogP contribution in [0.5, 0.6) is 0 Å². The van der Waals surface area contributed by atoms with Gasteiger partial charge in [0.25, 0.3) is 0 Å². The molecule has 5 nitrogen and oxygen atoms in total. The van der Waals surface area contributed by atoms with E-state index >= 15 is 0 Å². The van der Waals surface area contributed by atoms with Crippen LogP contribution in [0, 0.1) is 0 Å². The zero-order valence-corrected chi connectivity index (χ0v) is 11.3. The Bertz CT molecular complexity index is 434. The van der Waals surface area contributed by atoms with Crippen LogP contribution >= 0.6 is 0 Å². The van der Waals surface area contributed by atoms with Crippen LogP contribution in [0.15, 0.2) is 23.1 Å². The molecule has 0 spiro atoms. The molecule has 0 saturated heterocycles. The normalized spacial score (nSPS) is 10.9. The molecule has 78 valence electrons. The number of rotatable bonds is 3. The smallest absolute Gasteiger partial charge is 0.744 e. The van der Waals surface area contributed by atoms with Crippen molar-refractivity contribution in [1.82, 2.24) is 0 Å². The molecular formula is C8H11N2NaO3S. The van der Waals surface area contributed by atoms with Gasteiger partial charge in [0, 0.05) is 13.1 Å². The topological polar surface area (TPSA) is 109 Å². The maximum Gasteiger partial charge on any atom is 1.00 e. The molecule has 0 amide bonds. The Labute approximate surface area is 111 Å². The van der Waals surface area contributed by atoms with Gasteiger partial charge in [-0.25, -0.2) is 8.42 Å². The van der Waals surface area contributed by atoms with Crippen molar-refractivity contribution in [1.29, 1.82) is 0 Å². The third kappa shape index (κ3) is 3.84. The summed E-state index contributed by atoms with van der Waals surface area (Å²) >= 11 is 0. The fraction of sp³-hybridized carbons (Fsp3) is 0.250. The van der Waals surface area contributed by atoms with Crippen LogP contribution in [0.2, 0.25) is 0 Å². The van der Waals surface area contributed by atoms with Crippen molar-refractivity contribution in [2.24, 2.45) is 11.5 Å². The molecule has 1 rings (SSSR count). The molecule has 0 fully saturated rings. The minimum atomic E-state index is -4.44. The van der Waals surface area contributed by atoms with E-state index in [0.717, 1.165) is 5.56 Å². The van der Waals surface area contributed by atoms with Gasteiger partial charge in [0.15, 0.2) is 0 Å². The van der Waals surface area contributed by atoms with Crippen LogP contribution in [0.3, 0.4) is 0 Å². The molecule has 0 aromatic heterocycles. The summed E-state index contributed by atoms with van der Waals surface area (Å²) in [4.78, 5) is -0.266. The monoisotopic (exact) mass is 238 g/mol. The Hall–Kier alpha value is 0.0500. The van der Waals surface area contributed by atoms with Gasteiger partial charge in [-0.1, -0.05) is 12.1 Å². The van der Waals surface area contributed by atoms with E-state index < -0.39 is 10.1 Å². The second kappa shape index (κ2) is 5.95. The molecule has 0 aliphatic rings. The van der Waals surface area contributed by atoms with Gasteiger partial charge in [-0.3, -0.25) is 0 Å². The summed E-state index contributed by atoms with van der Waals surface area (Å²) in [5.41, 5.74) is 11.7. The molecule has 0 heterocycles. The number of hydrogen-bond donors (Lipinski definition) is 2. The molecule has 0 aliphatic heterocycles. The van der Waals surface area contributed by atoms with Crippen molar-refractivity contribution in [3.8, 4) is 0 Å². The molecule has 0 radical (unpaired) electrons. The van der Waals surface area contributed by atoms with Crippen molar-refractivity contribution in [2.45, 2.75) is 18.0 Å². The summed E-state index contributed by atoms with van der Waals surface area (Å²) in [5.74, 6) is 0. The van der Waals surface area contributed by atoms with Gasteiger partial charge in [0.1, 0.15) is 10.1 Å². The van der Waals surface area contributed by atoms with E-state index in [4.69, 9.17) is 11.5 Å². The SMILES string of the molecule is NCc1ccc(S(=O)(=O)[O-])c(CN)c1.[Na+]. The zero-order chi connectivity index (χ0) is 10.8. The Morgan fingerprint density at radius 2 is 1.80 bits per heavy atom. The van der Waals surface area contributed by atoms with E-state index in [1.54, 1.807) is 0 Å². The van der Waals surface area contributed by atoms with Crippen molar-refractivity contribution >= 4 is 10.1 Å². The first-order chi connectivity index (χ1) is 6.49. The molecule has 0 bridgehead atoms. The minimum absolute atomic E-state index is 0. The van der Waals surface area contributed by atoms with Crippen molar-refractivity contribution in [2.75, 3.05) is 0 Å². The van der Waals surface area contributed by atoms with E-state index in [-0.39, 0.29) is 47.5 Å². The fourth-order valence-electron chi connectivity index (χ4n) is 1.16. The standard InChI is InChI=1S/C8H12N2O3S.Na/c9-4-6-1-2-8(14(11,12)13)7(3-6)5-10;/h1-3H,4-5,9-10H2,(H,11,12,13);/q;+1/p-1. The van der Waals surface area contributed by atoms with Crippen LogP contribution in [0.4, 0.5) is 0 Å². The Kier molecular flexibility index (Phi) is 5.97. The van der Waals surface area contributed by atoms with E-state index in [9.17, 15) is 13.0 Å². The third-order valence-corrected chi connectivity index (χ3v) is 2.79. The van der Waals surface area contributed by atoms with Gasteiger partial charge < -0.3 is 16.0 Å². The molecular weight excluding hydrogens is 227 g/mol. The summed E-state index contributed by atoms with van der Waals surface area (Å²) in [6.07, 6.45) is 0. The first kappa shape index (κ1) is 15.0. The predicted molar refractivity (Wildman–Crippen MR) is 50.2 cm³/mol. The second-order valence-corrected chi connectivity index (χ2v) is 4.15. The number of hydrogen-bond acceptors (Lipinski definition) is 5. The largest absolute Gasteiger partial charge is 1.00 e. The average molecular weight is 238 g/mol. The number of benzene rings is 1. The first-order valence-corrected chi connectivity index (χ1v) is 5.37. The van der Waals surface area contributed by atoms with E-state index in [1.165, 1.54) is 18.2 Å². The van der Waals surface area contributed by atoms with Crippen molar-refractivity contribution < 1.29 is 42.5 Å². The van der Waals surface area contributed by atoms with Gasteiger partial charge in [0.2, 0.25) is 0 Å². The van der Waals surface area contributed by atoms with Gasteiger partial charge >= 0.3 is 29.6 Å². The minimum Gasteiger partial charge on any atom is -0.744 e. The van der Waals surface area contributed by atoms with Crippen molar-refractivity contribution in [3.05, 3.63) is 29.3 Å². The quantitative estimate of drug-likeness (QED) is 0.419. The Morgan fingerprint density at radius 1 is 1.20 bits per heavy atom. The van der Waals surface area contributed by atoms with E-state index in [0.29, 0.717) is 5.56 Å². The molecule has 7 heteroatoms. The molecule has 0 unspecified atom stereocenters. The third-order valence-electron chi connectivity index (χ3n) is 1.85. The molecule has 0 saturated carbocycles. The Balaban J connectivity index is 0.00000196. The van der Waals surface area contributed by atoms with Crippen LogP contribution in [0.25, 0.3) is 0 Å². The maximum absolute atomic E-state index is 10.8. The zero-order valence-electron chi connectivity index (χ0n) is 8.43. The fourth-order valence-corrected chi connectivity index (χ4v) is 1.86. The van der Waals surface area contributed by atoms with Gasteiger partial charge in [-0.15, -0.1) is 0 Å². The van der Waals surface area contributed by atoms with Gasteiger partial charge in [-0.2, -0.15) is 0 Å². The van der Waals surface area contributed by atoms with Crippen LogP contribution in [0.1, 0.15) is 11.1 Å². The average Bonchev–Trinajstić information content (AvgIpc) is 2.15. The van der Waals surface area contributed by atoms with Crippen LogP contribution in [-0.4, -0.2) is 13.0 Å². The maximum atomic E-state index is 10.8. The van der Waals surface area contributed by atoms with Crippen molar-refractivity contribution in [3.63, 3.8) is 0 Å². The molecule has 1 aromatic carbocycles. The van der Waals surface area contributed by atoms with E-state index in [1.807, 2.05) is 0 Å². The molecule has 15 heavy (non-hydrogen) atoms. The molecule has 1 aromatic rings.